The minimum atomic E-state index is -0.520. The highest BCUT2D eigenvalue weighted by Crippen LogP contribution is 2.23. The molecule has 0 heterocycles. The second kappa shape index (κ2) is 10.9. The van der Waals surface area contributed by atoms with E-state index in [2.05, 4.69) is 5.32 Å². The third-order valence-corrected chi connectivity index (χ3v) is 4.48. The van der Waals surface area contributed by atoms with Crippen molar-refractivity contribution < 1.29 is 18.8 Å². The number of amides is 2. The van der Waals surface area contributed by atoms with E-state index in [9.17, 15) is 18.8 Å². The van der Waals surface area contributed by atoms with Crippen LogP contribution in [0.3, 0.4) is 0 Å². The van der Waals surface area contributed by atoms with Gasteiger partial charge in [0.2, 0.25) is 11.8 Å². The van der Waals surface area contributed by atoms with Crippen molar-refractivity contribution in [3.05, 3.63) is 29.6 Å². The van der Waals surface area contributed by atoms with Crippen LogP contribution >= 0.6 is 11.8 Å². The van der Waals surface area contributed by atoms with Crippen LogP contribution in [0.1, 0.15) is 44.0 Å². The largest absolute Gasteiger partial charge is 0.355 e. The summed E-state index contributed by atoms with van der Waals surface area (Å²) in [5.41, 5.74) is 0.299. The maximum atomic E-state index is 14.0. The molecule has 0 bridgehead atoms. The first-order valence-corrected chi connectivity index (χ1v) is 9.35. The third kappa shape index (κ3) is 7.25. The van der Waals surface area contributed by atoms with Crippen LogP contribution in [0.4, 0.5) is 4.39 Å². The van der Waals surface area contributed by atoms with Crippen LogP contribution in [0.5, 0.6) is 0 Å². The number of halogens is 1. The summed E-state index contributed by atoms with van der Waals surface area (Å²) < 4.78 is 14.0. The van der Waals surface area contributed by atoms with Crippen LogP contribution in [0.15, 0.2) is 23.1 Å². The smallest absolute Gasteiger partial charge is 0.239 e. The molecule has 5 nitrogen and oxygen atoms in total. The van der Waals surface area contributed by atoms with Crippen molar-refractivity contribution >= 4 is 29.4 Å². The topological polar surface area (TPSA) is 66.5 Å². The van der Waals surface area contributed by atoms with E-state index >= 15 is 0 Å². The summed E-state index contributed by atoms with van der Waals surface area (Å²) in [6, 6.07) is 4.22. The Labute approximate surface area is 152 Å². The molecule has 0 unspecified atom stereocenters. The van der Waals surface area contributed by atoms with Crippen molar-refractivity contribution in [1.82, 2.24) is 10.2 Å². The number of rotatable bonds is 10. The SMILES string of the molecule is CCCNC(=O)CN(CCC)C(=O)CSc1ccc(C(C)=O)cc1F. The molecule has 0 atom stereocenters. The first kappa shape index (κ1) is 21.2. The fourth-order valence-corrected chi connectivity index (χ4v) is 2.95. The quantitative estimate of drug-likeness (QED) is 0.509. The Hall–Kier alpha value is -1.89. The highest BCUT2D eigenvalue weighted by Gasteiger charge is 2.17. The minimum absolute atomic E-state index is 0.0129. The van der Waals surface area contributed by atoms with Crippen LogP contribution in [-0.2, 0) is 9.59 Å². The lowest BCUT2D eigenvalue weighted by Gasteiger charge is -2.21. The van der Waals surface area contributed by atoms with E-state index in [1.54, 1.807) is 6.07 Å². The molecule has 1 N–H and O–H groups in total. The van der Waals surface area contributed by atoms with Gasteiger partial charge in [-0.2, -0.15) is 0 Å². The molecule has 2 amide bonds. The van der Waals surface area contributed by atoms with Gasteiger partial charge in [0.05, 0.1) is 12.3 Å². The molecule has 25 heavy (non-hydrogen) atoms. The van der Waals surface area contributed by atoms with E-state index in [0.29, 0.717) is 23.5 Å². The Morgan fingerprint density at radius 2 is 1.92 bits per heavy atom. The van der Waals surface area contributed by atoms with Crippen LogP contribution in [0.25, 0.3) is 0 Å². The fraction of sp³-hybridized carbons (Fsp3) is 0.500. The molecular weight excluding hydrogens is 343 g/mol. The van der Waals surface area contributed by atoms with Crippen molar-refractivity contribution in [2.45, 2.75) is 38.5 Å². The summed E-state index contributed by atoms with van der Waals surface area (Å²) in [6.07, 6.45) is 1.57. The molecule has 0 radical (unpaired) electrons. The summed E-state index contributed by atoms with van der Waals surface area (Å²) >= 11 is 1.07. The molecule has 0 aliphatic carbocycles. The molecule has 0 saturated heterocycles. The monoisotopic (exact) mass is 368 g/mol. The van der Waals surface area contributed by atoms with Crippen molar-refractivity contribution in [3.8, 4) is 0 Å². The lowest BCUT2D eigenvalue weighted by atomic mass is 10.1. The van der Waals surface area contributed by atoms with Gasteiger partial charge >= 0.3 is 0 Å². The Morgan fingerprint density at radius 3 is 2.48 bits per heavy atom. The van der Waals surface area contributed by atoms with Gasteiger partial charge in [-0.1, -0.05) is 19.9 Å². The number of hydrogen-bond acceptors (Lipinski definition) is 4. The molecule has 0 aliphatic rings. The van der Waals surface area contributed by atoms with Crippen molar-refractivity contribution in [2.24, 2.45) is 0 Å². The highest BCUT2D eigenvalue weighted by molar-refractivity contribution is 8.00. The van der Waals surface area contributed by atoms with Gasteiger partial charge in [-0.3, -0.25) is 14.4 Å². The zero-order chi connectivity index (χ0) is 18.8. The first-order chi connectivity index (χ1) is 11.9. The van der Waals surface area contributed by atoms with E-state index in [4.69, 9.17) is 0 Å². The van der Waals surface area contributed by atoms with Gasteiger partial charge in [-0.05, 0) is 31.9 Å². The molecule has 0 aromatic heterocycles. The Balaban J connectivity index is 2.65. The van der Waals surface area contributed by atoms with E-state index in [-0.39, 0.29) is 29.9 Å². The number of benzene rings is 1. The standard InChI is InChI=1S/C18H25FN2O3S/c1-4-8-20-17(23)11-21(9-5-2)18(24)12-25-16-7-6-14(13(3)22)10-15(16)19/h6-7,10H,4-5,8-9,11-12H2,1-3H3,(H,20,23). The van der Waals surface area contributed by atoms with Crippen LogP contribution in [-0.4, -0.2) is 47.9 Å². The van der Waals surface area contributed by atoms with E-state index < -0.39 is 5.82 Å². The zero-order valence-electron chi connectivity index (χ0n) is 14.9. The third-order valence-electron chi connectivity index (χ3n) is 3.44. The van der Waals surface area contributed by atoms with Crippen molar-refractivity contribution in [3.63, 3.8) is 0 Å². The number of nitrogens with one attached hydrogen (secondary N) is 1. The predicted octanol–water partition coefficient (Wildman–Crippen LogP) is 2.89. The van der Waals surface area contributed by atoms with Gasteiger partial charge in [-0.25, -0.2) is 4.39 Å². The number of carbonyl (C=O) groups is 3. The molecule has 7 heteroatoms. The second-order valence-electron chi connectivity index (χ2n) is 5.66. The first-order valence-electron chi connectivity index (χ1n) is 8.36. The molecule has 0 fully saturated rings. The summed E-state index contributed by atoms with van der Waals surface area (Å²) in [7, 11) is 0. The number of nitrogens with zero attached hydrogens (tertiary/aromatic N) is 1. The summed E-state index contributed by atoms with van der Waals surface area (Å²) in [4.78, 5) is 37.2. The number of thioether (sulfide) groups is 1. The lowest BCUT2D eigenvalue weighted by Crippen LogP contribution is -2.42. The summed E-state index contributed by atoms with van der Waals surface area (Å²) in [5, 5.41) is 2.74. The zero-order valence-corrected chi connectivity index (χ0v) is 15.7. The predicted molar refractivity (Wildman–Crippen MR) is 97.3 cm³/mol. The van der Waals surface area contributed by atoms with Crippen LogP contribution in [0, 0.1) is 5.82 Å². The average molecular weight is 368 g/mol. The number of carbonyl (C=O) groups excluding carboxylic acids is 3. The maximum Gasteiger partial charge on any atom is 0.239 e. The highest BCUT2D eigenvalue weighted by atomic mass is 32.2. The Bertz CT molecular complexity index is 622. The summed E-state index contributed by atoms with van der Waals surface area (Å²) in [5.74, 6) is -1.09. The molecule has 0 aliphatic heterocycles. The number of hydrogen-bond donors (Lipinski definition) is 1. The molecule has 0 spiro atoms. The second-order valence-corrected chi connectivity index (χ2v) is 6.67. The van der Waals surface area contributed by atoms with Gasteiger partial charge in [0.15, 0.2) is 5.78 Å². The minimum Gasteiger partial charge on any atom is -0.355 e. The van der Waals surface area contributed by atoms with E-state index in [0.717, 1.165) is 24.6 Å². The van der Waals surface area contributed by atoms with Crippen LogP contribution in [0.2, 0.25) is 0 Å². The molecule has 1 aromatic rings. The fourth-order valence-electron chi connectivity index (χ4n) is 2.12. The Kier molecular flexibility index (Phi) is 9.20. The average Bonchev–Trinajstić information content (AvgIpc) is 2.58. The molecule has 0 saturated carbocycles. The molecule has 138 valence electrons. The van der Waals surface area contributed by atoms with Crippen molar-refractivity contribution in [2.75, 3.05) is 25.4 Å². The number of Topliss-reactive ketones (excluding diaryl/α,β-unsaturated/α-hetero) is 1. The van der Waals surface area contributed by atoms with Gasteiger partial charge in [0.25, 0.3) is 0 Å². The molecule has 1 rings (SSSR count). The maximum absolute atomic E-state index is 14.0. The van der Waals surface area contributed by atoms with Gasteiger partial charge in [-0.15, -0.1) is 11.8 Å². The van der Waals surface area contributed by atoms with Gasteiger partial charge < -0.3 is 10.2 Å². The number of ketones is 1. The molecular formula is C18H25FN2O3S. The van der Waals surface area contributed by atoms with Gasteiger partial charge in [0, 0.05) is 23.5 Å². The van der Waals surface area contributed by atoms with E-state index in [1.165, 1.54) is 24.0 Å². The normalized spacial score (nSPS) is 10.4. The molecule has 1 aromatic carbocycles. The summed E-state index contributed by atoms with van der Waals surface area (Å²) in [6.45, 7) is 6.33. The lowest BCUT2D eigenvalue weighted by molar-refractivity contribution is -0.134. The van der Waals surface area contributed by atoms with E-state index in [1.807, 2.05) is 13.8 Å². The Morgan fingerprint density at radius 1 is 1.20 bits per heavy atom. The van der Waals surface area contributed by atoms with Gasteiger partial charge in [0.1, 0.15) is 5.82 Å². The van der Waals surface area contributed by atoms with Crippen LogP contribution < -0.4 is 5.32 Å². The van der Waals surface area contributed by atoms with Crippen molar-refractivity contribution in [1.29, 1.82) is 0 Å².